The summed E-state index contributed by atoms with van der Waals surface area (Å²) in [6, 6.07) is 28.6. The SMILES string of the molecule is CC(F)(C(F)(F)F)C(F)(F)C(F)(F)S(=O)(=O)Oc1cccc(-c2cccc(-c3nc(-c4ccccc4)nc(-c4ccccc4)n3)c2)c1. The van der Waals surface area contributed by atoms with Gasteiger partial charge in [-0.05, 0) is 36.2 Å². The van der Waals surface area contributed by atoms with Crippen molar-refractivity contribution in [2.24, 2.45) is 0 Å². The fourth-order valence-corrected chi connectivity index (χ4v) is 5.26. The average molecular weight is 680 g/mol. The maximum Gasteiger partial charge on any atom is 0.446 e. The lowest BCUT2D eigenvalue weighted by molar-refractivity contribution is -0.330. The van der Waals surface area contributed by atoms with Crippen LogP contribution in [0.4, 0.5) is 35.1 Å². The summed E-state index contributed by atoms with van der Waals surface area (Å²) in [5, 5.41) is -6.62. The normalized spacial score (nSPS) is 14.0. The number of alkyl halides is 8. The van der Waals surface area contributed by atoms with Crippen molar-refractivity contribution in [2.75, 3.05) is 0 Å². The van der Waals surface area contributed by atoms with Gasteiger partial charge in [0.1, 0.15) is 5.75 Å². The van der Waals surface area contributed by atoms with Crippen molar-refractivity contribution in [3.05, 3.63) is 109 Å². The number of benzene rings is 4. The minimum Gasteiger partial charge on any atom is -0.378 e. The molecule has 5 rings (SSSR count). The molecule has 0 amide bonds. The zero-order chi connectivity index (χ0) is 34.3. The number of hydrogen-bond acceptors (Lipinski definition) is 6. The van der Waals surface area contributed by atoms with Gasteiger partial charge in [-0.2, -0.15) is 39.2 Å². The molecule has 0 spiro atoms. The topological polar surface area (TPSA) is 82.0 Å². The summed E-state index contributed by atoms with van der Waals surface area (Å²) in [4.78, 5) is 13.8. The highest BCUT2D eigenvalue weighted by Gasteiger charge is 2.82. The Balaban J connectivity index is 1.50. The van der Waals surface area contributed by atoms with Gasteiger partial charge >= 0.3 is 27.5 Å². The van der Waals surface area contributed by atoms with Crippen LogP contribution in [0.1, 0.15) is 6.92 Å². The summed E-state index contributed by atoms with van der Waals surface area (Å²) >= 11 is 0. The monoisotopic (exact) mass is 679 g/mol. The van der Waals surface area contributed by atoms with Gasteiger partial charge in [0.05, 0.1) is 0 Å². The van der Waals surface area contributed by atoms with Gasteiger partial charge in [0.2, 0.25) is 0 Å². The molecule has 5 aromatic rings. The third-order valence-electron chi connectivity index (χ3n) is 6.99. The van der Waals surface area contributed by atoms with Crippen molar-refractivity contribution in [1.82, 2.24) is 15.0 Å². The predicted octanol–water partition coefficient (Wildman–Crippen LogP) is 8.77. The highest BCUT2D eigenvalue weighted by Crippen LogP contribution is 2.54. The van der Waals surface area contributed by atoms with Crippen molar-refractivity contribution < 1.29 is 47.7 Å². The zero-order valence-corrected chi connectivity index (χ0v) is 24.7. The van der Waals surface area contributed by atoms with Gasteiger partial charge in [0.15, 0.2) is 17.5 Å². The van der Waals surface area contributed by atoms with E-state index < -0.39 is 45.8 Å². The molecule has 1 unspecified atom stereocenters. The van der Waals surface area contributed by atoms with Gasteiger partial charge in [-0.1, -0.05) is 91.0 Å². The van der Waals surface area contributed by atoms with Gasteiger partial charge < -0.3 is 4.18 Å². The molecule has 4 aromatic carbocycles. The van der Waals surface area contributed by atoms with Crippen LogP contribution >= 0.6 is 0 Å². The molecule has 0 radical (unpaired) electrons. The number of hydrogen-bond donors (Lipinski definition) is 0. The van der Waals surface area contributed by atoms with Crippen molar-refractivity contribution >= 4 is 10.1 Å². The predicted molar refractivity (Wildman–Crippen MR) is 157 cm³/mol. The Bertz CT molecular complexity index is 1950. The molecular weight excluding hydrogens is 658 g/mol. The van der Waals surface area contributed by atoms with E-state index in [4.69, 9.17) is 0 Å². The van der Waals surface area contributed by atoms with E-state index in [1.165, 1.54) is 12.1 Å². The Morgan fingerprint density at radius 2 is 0.936 bits per heavy atom. The largest absolute Gasteiger partial charge is 0.446 e. The van der Waals surface area contributed by atoms with Gasteiger partial charge in [-0.15, -0.1) is 0 Å². The smallest absolute Gasteiger partial charge is 0.378 e. The van der Waals surface area contributed by atoms with Crippen LogP contribution in [0, 0.1) is 0 Å². The summed E-state index contributed by atoms with van der Waals surface area (Å²) in [6.45, 7) is -0.887. The van der Waals surface area contributed by atoms with E-state index in [0.29, 0.717) is 33.9 Å². The summed E-state index contributed by atoms with van der Waals surface area (Å²) in [6.07, 6.45) is -6.54. The van der Waals surface area contributed by atoms with Crippen LogP contribution in [0.2, 0.25) is 0 Å². The Labute approximate surface area is 262 Å². The van der Waals surface area contributed by atoms with Gasteiger partial charge in [0, 0.05) is 16.7 Å². The second-order valence-electron chi connectivity index (χ2n) is 10.3. The minimum atomic E-state index is -6.88. The first-order valence-electron chi connectivity index (χ1n) is 13.5. The highest BCUT2D eigenvalue weighted by atomic mass is 32.2. The molecule has 47 heavy (non-hydrogen) atoms. The summed E-state index contributed by atoms with van der Waals surface area (Å²) in [7, 11) is -6.88. The minimum absolute atomic E-state index is 0.126. The number of aromatic nitrogens is 3. The molecule has 1 heterocycles. The Morgan fingerprint density at radius 3 is 1.43 bits per heavy atom. The van der Waals surface area contributed by atoms with Crippen LogP contribution in [0.3, 0.4) is 0 Å². The highest BCUT2D eigenvalue weighted by molar-refractivity contribution is 7.88. The lowest BCUT2D eigenvalue weighted by Crippen LogP contribution is -2.64. The van der Waals surface area contributed by atoms with Crippen molar-refractivity contribution in [2.45, 2.75) is 29.9 Å². The van der Waals surface area contributed by atoms with E-state index in [-0.39, 0.29) is 11.4 Å². The standard InChI is InChI=1S/C32H21F8N3O3S/c1-29(33,31(36,37)38)30(34,35)32(39,40)47(44,45)46-25-17-9-15-23(19-25)22-14-8-16-24(18-22)28-42-26(20-10-4-2-5-11-20)41-27(43-28)21-12-6-3-7-13-21/h2-19H,1H3. The molecule has 244 valence electrons. The maximum atomic E-state index is 14.4. The van der Waals surface area contributed by atoms with E-state index >= 15 is 0 Å². The molecule has 0 aliphatic heterocycles. The third kappa shape index (κ3) is 6.26. The quantitative estimate of drug-likeness (QED) is 0.115. The Morgan fingerprint density at radius 1 is 0.532 bits per heavy atom. The first-order chi connectivity index (χ1) is 21.9. The van der Waals surface area contributed by atoms with Crippen LogP contribution in [0.5, 0.6) is 5.75 Å². The van der Waals surface area contributed by atoms with E-state index in [0.717, 1.165) is 18.2 Å². The van der Waals surface area contributed by atoms with E-state index in [2.05, 4.69) is 19.1 Å². The Kier molecular flexibility index (Phi) is 8.56. The first kappa shape index (κ1) is 33.4. The molecule has 0 bridgehead atoms. The number of nitrogens with zero attached hydrogens (tertiary/aromatic N) is 3. The molecule has 1 aromatic heterocycles. The van der Waals surface area contributed by atoms with Gasteiger partial charge in [-0.25, -0.2) is 19.3 Å². The fourth-order valence-electron chi connectivity index (χ4n) is 4.29. The first-order valence-corrected chi connectivity index (χ1v) is 14.9. The third-order valence-corrected chi connectivity index (χ3v) is 8.29. The van der Waals surface area contributed by atoms with Crippen molar-refractivity contribution in [3.8, 4) is 51.0 Å². The number of halogens is 8. The molecule has 0 aliphatic carbocycles. The van der Waals surface area contributed by atoms with E-state index in [1.807, 2.05) is 12.1 Å². The van der Waals surface area contributed by atoms with Crippen LogP contribution in [0.15, 0.2) is 109 Å². The molecule has 0 aliphatic rings. The number of rotatable bonds is 9. The van der Waals surface area contributed by atoms with Crippen molar-refractivity contribution in [3.63, 3.8) is 0 Å². The fraction of sp³-hybridized carbons (Fsp3) is 0.156. The average Bonchev–Trinajstić information content (AvgIpc) is 3.04. The second-order valence-corrected chi connectivity index (χ2v) is 11.9. The zero-order valence-electron chi connectivity index (χ0n) is 23.9. The van der Waals surface area contributed by atoms with Gasteiger partial charge in [-0.3, -0.25) is 0 Å². The lowest BCUT2D eigenvalue weighted by atomic mass is 9.99. The molecule has 0 N–H and O–H groups in total. The van der Waals surface area contributed by atoms with Gasteiger partial charge in [0.25, 0.3) is 5.67 Å². The molecule has 0 saturated heterocycles. The van der Waals surface area contributed by atoms with Crippen molar-refractivity contribution in [1.29, 1.82) is 0 Å². The van der Waals surface area contributed by atoms with Crippen LogP contribution in [-0.4, -0.2) is 46.4 Å². The summed E-state index contributed by atoms with van der Waals surface area (Å²) in [5.74, 6) is -6.77. The Hall–Kier alpha value is -4.92. The summed E-state index contributed by atoms with van der Waals surface area (Å²) in [5.41, 5.74) is -3.63. The lowest BCUT2D eigenvalue weighted by Gasteiger charge is -2.35. The van der Waals surface area contributed by atoms with E-state index in [9.17, 15) is 43.5 Å². The second kappa shape index (κ2) is 12.0. The molecular formula is C32H21F8N3O3S. The molecule has 0 saturated carbocycles. The summed E-state index contributed by atoms with van der Waals surface area (Å²) < 4.78 is 138. The van der Waals surface area contributed by atoms with Crippen LogP contribution in [-0.2, 0) is 10.1 Å². The maximum absolute atomic E-state index is 14.4. The molecule has 15 heteroatoms. The van der Waals surface area contributed by atoms with E-state index in [1.54, 1.807) is 66.7 Å². The molecule has 6 nitrogen and oxygen atoms in total. The molecule has 0 fully saturated rings. The molecule has 1 atom stereocenters. The van der Waals surface area contributed by atoms with Crippen LogP contribution < -0.4 is 4.18 Å². The van der Waals surface area contributed by atoms with Crippen LogP contribution in [0.25, 0.3) is 45.3 Å².